The Morgan fingerprint density at radius 1 is 1.43 bits per heavy atom. The van der Waals surface area contributed by atoms with Crippen LogP contribution in [0.1, 0.15) is 12.0 Å². The summed E-state index contributed by atoms with van der Waals surface area (Å²) in [6.45, 7) is 0. The largest absolute Gasteiger partial charge is 0.275 e. The van der Waals surface area contributed by atoms with Crippen LogP contribution in [0.4, 0.5) is 8.78 Å². The van der Waals surface area contributed by atoms with Crippen LogP contribution in [0, 0.1) is 3.57 Å². The van der Waals surface area contributed by atoms with Gasteiger partial charge < -0.3 is 0 Å². The minimum Gasteiger partial charge on any atom is -0.275 e. The van der Waals surface area contributed by atoms with Crippen molar-refractivity contribution >= 4 is 33.5 Å². The number of aryl methyl sites for hydroxylation is 1. The van der Waals surface area contributed by atoms with Crippen molar-refractivity contribution in [2.24, 2.45) is 7.05 Å². The SMILES string of the molecule is Cn1cc2cc(I)c(C(F)F)cc2n1. The second kappa shape index (κ2) is 3.45. The third kappa shape index (κ3) is 1.60. The lowest BCUT2D eigenvalue weighted by Crippen LogP contribution is -1.89. The van der Waals surface area contributed by atoms with Crippen LogP contribution in [0.25, 0.3) is 10.9 Å². The molecule has 0 unspecified atom stereocenters. The van der Waals surface area contributed by atoms with Crippen molar-refractivity contribution in [3.05, 3.63) is 27.5 Å². The quantitative estimate of drug-likeness (QED) is 0.740. The molecule has 2 nitrogen and oxygen atoms in total. The lowest BCUT2D eigenvalue weighted by molar-refractivity contribution is 0.150. The molecule has 5 heteroatoms. The van der Waals surface area contributed by atoms with E-state index in [1.165, 1.54) is 6.07 Å². The van der Waals surface area contributed by atoms with Crippen molar-refractivity contribution in [2.75, 3.05) is 0 Å². The van der Waals surface area contributed by atoms with E-state index in [2.05, 4.69) is 5.10 Å². The van der Waals surface area contributed by atoms with Crippen LogP contribution in [0.5, 0.6) is 0 Å². The molecule has 0 atom stereocenters. The Labute approximate surface area is 93.0 Å². The van der Waals surface area contributed by atoms with Crippen molar-refractivity contribution in [3.63, 3.8) is 0 Å². The third-order valence-electron chi connectivity index (χ3n) is 1.97. The number of halogens is 3. The van der Waals surface area contributed by atoms with Gasteiger partial charge in [0.05, 0.1) is 5.52 Å². The summed E-state index contributed by atoms with van der Waals surface area (Å²) in [5.74, 6) is 0. The normalized spacial score (nSPS) is 11.5. The van der Waals surface area contributed by atoms with Crippen LogP contribution in [0.3, 0.4) is 0 Å². The van der Waals surface area contributed by atoms with Crippen molar-refractivity contribution in [1.29, 1.82) is 0 Å². The third-order valence-corrected chi connectivity index (χ3v) is 2.91. The van der Waals surface area contributed by atoms with E-state index in [1.807, 2.05) is 28.8 Å². The fraction of sp³-hybridized carbons (Fsp3) is 0.222. The maximum Gasteiger partial charge on any atom is 0.264 e. The average molecular weight is 308 g/mol. The van der Waals surface area contributed by atoms with Gasteiger partial charge in [-0.25, -0.2) is 8.78 Å². The molecule has 0 N–H and O–H groups in total. The van der Waals surface area contributed by atoms with Crippen LogP contribution in [-0.2, 0) is 7.05 Å². The first-order chi connectivity index (χ1) is 6.58. The Morgan fingerprint density at radius 2 is 2.14 bits per heavy atom. The van der Waals surface area contributed by atoms with Gasteiger partial charge in [0.15, 0.2) is 0 Å². The monoisotopic (exact) mass is 308 g/mol. The molecule has 0 bridgehead atoms. The van der Waals surface area contributed by atoms with Gasteiger partial charge in [0, 0.05) is 27.8 Å². The summed E-state index contributed by atoms with van der Waals surface area (Å²) >= 11 is 1.92. The number of hydrogen-bond acceptors (Lipinski definition) is 1. The van der Waals surface area contributed by atoms with Crippen LogP contribution < -0.4 is 0 Å². The highest BCUT2D eigenvalue weighted by Gasteiger charge is 2.13. The lowest BCUT2D eigenvalue weighted by Gasteiger charge is -2.01. The van der Waals surface area contributed by atoms with Gasteiger partial charge in [-0.1, -0.05) is 0 Å². The van der Waals surface area contributed by atoms with E-state index in [1.54, 1.807) is 17.8 Å². The Morgan fingerprint density at radius 3 is 2.79 bits per heavy atom. The van der Waals surface area contributed by atoms with Gasteiger partial charge in [0.2, 0.25) is 0 Å². The molecule has 0 aliphatic rings. The highest BCUT2D eigenvalue weighted by molar-refractivity contribution is 14.1. The molecule has 14 heavy (non-hydrogen) atoms. The van der Waals surface area contributed by atoms with Crippen LogP contribution >= 0.6 is 22.6 Å². The number of hydrogen-bond donors (Lipinski definition) is 0. The van der Waals surface area contributed by atoms with E-state index in [9.17, 15) is 8.78 Å². The van der Waals surface area contributed by atoms with E-state index < -0.39 is 6.43 Å². The zero-order valence-corrected chi connectivity index (χ0v) is 9.50. The molecule has 2 rings (SSSR count). The fourth-order valence-electron chi connectivity index (χ4n) is 1.35. The number of alkyl halides is 2. The predicted molar refractivity (Wildman–Crippen MR) is 58.4 cm³/mol. The van der Waals surface area contributed by atoms with Gasteiger partial charge in [-0.15, -0.1) is 0 Å². The van der Waals surface area contributed by atoms with Gasteiger partial charge >= 0.3 is 0 Å². The average Bonchev–Trinajstić information content (AvgIpc) is 2.42. The summed E-state index contributed by atoms with van der Waals surface area (Å²) in [5, 5.41) is 4.97. The number of aromatic nitrogens is 2. The number of benzene rings is 1. The van der Waals surface area contributed by atoms with Gasteiger partial charge in [-0.05, 0) is 34.7 Å². The standard InChI is InChI=1S/C9H7F2IN2/c1-14-4-5-2-7(12)6(9(10)11)3-8(5)13-14/h2-4,9H,1H3. The molecule has 0 aliphatic carbocycles. The van der Waals surface area contributed by atoms with Crippen LogP contribution in [0.2, 0.25) is 0 Å². The molecular formula is C9H7F2IN2. The second-order valence-corrected chi connectivity index (χ2v) is 4.20. The molecule has 0 fully saturated rings. The first-order valence-corrected chi connectivity index (χ1v) is 5.07. The molecule has 0 aliphatic heterocycles. The number of rotatable bonds is 1. The second-order valence-electron chi connectivity index (χ2n) is 3.04. The van der Waals surface area contributed by atoms with Crippen molar-refractivity contribution in [1.82, 2.24) is 9.78 Å². The first kappa shape index (κ1) is 9.82. The molecule has 1 aromatic heterocycles. The molecular weight excluding hydrogens is 301 g/mol. The van der Waals surface area contributed by atoms with E-state index in [0.717, 1.165) is 5.39 Å². The minimum atomic E-state index is -2.44. The summed E-state index contributed by atoms with van der Waals surface area (Å²) in [4.78, 5) is 0. The molecule has 1 aromatic carbocycles. The van der Waals surface area contributed by atoms with E-state index in [0.29, 0.717) is 9.09 Å². The maximum absolute atomic E-state index is 12.5. The molecule has 0 radical (unpaired) electrons. The van der Waals surface area contributed by atoms with Crippen molar-refractivity contribution in [2.45, 2.75) is 6.43 Å². The number of nitrogens with zero attached hydrogens (tertiary/aromatic N) is 2. The zero-order valence-electron chi connectivity index (χ0n) is 7.34. The Bertz CT molecular complexity index is 479. The maximum atomic E-state index is 12.5. The van der Waals surface area contributed by atoms with Gasteiger partial charge in [-0.3, -0.25) is 4.68 Å². The summed E-state index contributed by atoms with van der Waals surface area (Å²) in [7, 11) is 1.77. The van der Waals surface area contributed by atoms with Gasteiger partial charge in [-0.2, -0.15) is 5.10 Å². The summed E-state index contributed by atoms with van der Waals surface area (Å²) in [5.41, 5.74) is 0.667. The summed E-state index contributed by atoms with van der Waals surface area (Å²) in [6.07, 6.45) is -0.625. The van der Waals surface area contributed by atoms with Crippen LogP contribution in [-0.4, -0.2) is 9.78 Å². The van der Waals surface area contributed by atoms with Crippen molar-refractivity contribution in [3.8, 4) is 0 Å². The molecule has 0 saturated carbocycles. The fourth-order valence-corrected chi connectivity index (χ4v) is 2.08. The molecule has 2 aromatic rings. The van der Waals surface area contributed by atoms with E-state index in [-0.39, 0.29) is 5.56 Å². The highest BCUT2D eigenvalue weighted by atomic mass is 127. The van der Waals surface area contributed by atoms with E-state index >= 15 is 0 Å². The Balaban J connectivity index is 2.70. The molecule has 0 spiro atoms. The van der Waals surface area contributed by atoms with Gasteiger partial charge in [0.25, 0.3) is 6.43 Å². The smallest absolute Gasteiger partial charge is 0.264 e. The molecule has 0 amide bonds. The van der Waals surface area contributed by atoms with Gasteiger partial charge in [0.1, 0.15) is 0 Å². The summed E-state index contributed by atoms with van der Waals surface area (Å²) < 4.78 is 27.2. The molecule has 74 valence electrons. The molecule has 1 heterocycles. The number of fused-ring (bicyclic) bond motifs is 1. The Hall–Kier alpha value is -0.720. The minimum absolute atomic E-state index is 0.0526. The Kier molecular flexibility index (Phi) is 2.42. The van der Waals surface area contributed by atoms with Crippen molar-refractivity contribution < 1.29 is 8.78 Å². The lowest BCUT2D eigenvalue weighted by atomic mass is 10.2. The first-order valence-electron chi connectivity index (χ1n) is 3.99. The van der Waals surface area contributed by atoms with Crippen LogP contribution in [0.15, 0.2) is 18.3 Å². The highest BCUT2D eigenvalue weighted by Crippen LogP contribution is 2.28. The molecule has 0 saturated heterocycles. The van der Waals surface area contributed by atoms with E-state index in [4.69, 9.17) is 0 Å². The predicted octanol–water partition coefficient (Wildman–Crippen LogP) is 3.12. The topological polar surface area (TPSA) is 17.8 Å². The zero-order chi connectivity index (χ0) is 10.3. The summed E-state index contributed by atoms with van der Waals surface area (Å²) in [6, 6.07) is 3.17.